The third-order valence-electron chi connectivity index (χ3n) is 3.90. The minimum absolute atomic E-state index is 0.134. The summed E-state index contributed by atoms with van der Waals surface area (Å²) >= 11 is 0. The Morgan fingerprint density at radius 1 is 1.18 bits per heavy atom. The Morgan fingerprint density at radius 3 is 2.76 bits per heavy atom. The standard InChI is InChI=1S/C14H18O3/c15-14(10-5-7-16-8-6-10)12-9-17-13-4-2-1-3-11(12)13/h1-4,10,12,14-15H,5-9H2. The van der Waals surface area contributed by atoms with E-state index in [4.69, 9.17) is 9.47 Å². The molecule has 1 fully saturated rings. The second kappa shape index (κ2) is 4.67. The Bertz CT molecular complexity index is 385. The lowest BCUT2D eigenvalue weighted by Gasteiger charge is -2.29. The Hall–Kier alpha value is -1.06. The van der Waals surface area contributed by atoms with Gasteiger partial charge in [0.2, 0.25) is 0 Å². The molecule has 0 aromatic heterocycles. The van der Waals surface area contributed by atoms with Crippen molar-refractivity contribution in [1.29, 1.82) is 0 Å². The van der Waals surface area contributed by atoms with E-state index in [2.05, 4.69) is 6.07 Å². The van der Waals surface area contributed by atoms with E-state index in [9.17, 15) is 5.11 Å². The number of para-hydroxylation sites is 1. The highest BCUT2D eigenvalue weighted by atomic mass is 16.5. The summed E-state index contributed by atoms with van der Waals surface area (Å²) < 4.78 is 11.0. The van der Waals surface area contributed by atoms with Gasteiger partial charge in [-0.3, -0.25) is 0 Å². The fourth-order valence-corrected chi connectivity index (χ4v) is 2.86. The normalized spacial score (nSPS) is 26.3. The fraction of sp³-hybridized carbons (Fsp3) is 0.571. The van der Waals surface area contributed by atoms with Crippen molar-refractivity contribution < 1.29 is 14.6 Å². The lowest BCUT2D eigenvalue weighted by atomic mass is 9.83. The molecule has 0 aliphatic carbocycles. The third-order valence-corrected chi connectivity index (χ3v) is 3.90. The first kappa shape index (κ1) is 11.1. The van der Waals surface area contributed by atoms with Crippen LogP contribution in [0.2, 0.25) is 0 Å². The molecular formula is C14H18O3. The molecule has 1 saturated heterocycles. The van der Waals surface area contributed by atoms with E-state index in [1.165, 1.54) is 0 Å². The number of fused-ring (bicyclic) bond motifs is 1. The van der Waals surface area contributed by atoms with Gasteiger partial charge in [0.05, 0.1) is 12.7 Å². The molecule has 3 nitrogen and oxygen atoms in total. The van der Waals surface area contributed by atoms with E-state index in [-0.39, 0.29) is 12.0 Å². The smallest absolute Gasteiger partial charge is 0.123 e. The predicted octanol–water partition coefficient (Wildman–Crippen LogP) is 1.95. The van der Waals surface area contributed by atoms with Crippen LogP contribution in [0.25, 0.3) is 0 Å². The first-order valence-electron chi connectivity index (χ1n) is 6.34. The minimum Gasteiger partial charge on any atom is -0.493 e. The van der Waals surface area contributed by atoms with Crippen LogP contribution in [0.15, 0.2) is 24.3 Å². The van der Waals surface area contributed by atoms with Gasteiger partial charge < -0.3 is 14.6 Å². The van der Waals surface area contributed by atoms with Crippen molar-refractivity contribution in [2.75, 3.05) is 19.8 Å². The molecule has 1 aromatic carbocycles. The summed E-state index contributed by atoms with van der Waals surface area (Å²) in [5, 5.41) is 10.5. The molecule has 2 aliphatic heterocycles. The minimum atomic E-state index is -0.303. The molecule has 0 radical (unpaired) electrons. The highest BCUT2D eigenvalue weighted by Gasteiger charge is 2.35. The number of hydrogen-bond acceptors (Lipinski definition) is 3. The highest BCUT2D eigenvalue weighted by molar-refractivity contribution is 5.40. The summed E-state index contributed by atoms with van der Waals surface area (Å²) in [7, 11) is 0. The van der Waals surface area contributed by atoms with Crippen molar-refractivity contribution in [3.63, 3.8) is 0 Å². The largest absolute Gasteiger partial charge is 0.493 e. The van der Waals surface area contributed by atoms with Crippen molar-refractivity contribution >= 4 is 0 Å². The Kier molecular flexibility index (Phi) is 3.04. The molecule has 1 N–H and O–H groups in total. The Labute approximate surface area is 101 Å². The van der Waals surface area contributed by atoms with Crippen LogP contribution in [0.3, 0.4) is 0 Å². The quantitative estimate of drug-likeness (QED) is 0.850. The molecule has 2 aliphatic rings. The van der Waals surface area contributed by atoms with Gasteiger partial charge in [-0.25, -0.2) is 0 Å². The Balaban J connectivity index is 1.76. The number of aliphatic hydroxyl groups excluding tert-OH is 1. The van der Waals surface area contributed by atoms with E-state index in [0.717, 1.165) is 37.4 Å². The molecular weight excluding hydrogens is 216 g/mol. The molecule has 2 heterocycles. The lowest BCUT2D eigenvalue weighted by molar-refractivity contribution is -0.00541. The zero-order valence-electron chi connectivity index (χ0n) is 9.84. The maximum atomic E-state index is 10.5. The van der Waals surface area contributed by atoms with E-state index in [0.29, 0.717) is 12.5 Å². The molecule has 2 atom stereocenters. The van der Waals surface area contributed by atoms with Gasteiger partial charge in [0, 0.05) is 24.7 Å². The van der Waals surface area contributed by atoms with Crippen LogP contribution in [0.1, 0.15) is 24.3 Å². The number of rotatable bonds is 2. The van der Waals surface area contributed by atoms with Gasteiger partial charge in [-0.1, -0.05) is 18.2 Å². The number of ether oxygens (including phenoxy) is 2. The molecule has 3 heteroatoms. The van der Waals surface area contributed by atoms with Crippen LogP contribution >= 0.6 is 0 Å². The van der Waals surface area contributed by atoms with Gasteiger partial charge in [0.1, 0.15) is 5.75 Å². The number of aliphatic hydroxyl groups is 1. The SMILES string of the molecule is OC(C1CCOCC1)C1COc2ccccc21. The van der Waals surface area contributed by atoms with E-state index in [1.54, 1.807) is 0 Å². The van der Waals surface area contributed by atoms with Crippen LogP contribution in [0, 0.1) is 5.92 Å². The van der Waals surface area contributed by atoms with Crippen LogP contribution in [-0.2, 0) is 4.74 Å². The molecule has 1 aromatic rings. The van der Waals surface area contributed by atoms with Crippen molar-refractivity contribution in [3.8, 4) is 5.75 Å². The first-order valence-corrected chi connectivity index (χ1v) is 6.34. The molecule has 0 saturated carbocycles. The average Bonchev–Trinajstić information content (AvgIpc) is 2.83. The van der Waals surface area contributed by atoms with Gasteiger partial charge in [-0.2, -0.15) is 0 Å². The monoisotopic (exact) mass is 234 g/mol. The summed E-state index contributed by atoms with van der Waals surface area (Å²) in [6.45, 7) is 2.16. The molecule has 92 valence electrons. The molecule has 0 bridgehead atoms. The summed E-state index contributed by atoms with van der Waals surface area (Å²) in [4.78, 5) is 0. The van der Waals surface area contributed by atoms with E-state index < -0.39 is 0 Å². The summed E-state index contributed by atoms with van der Waals surface area (Å²) in [5.74, 6) is 1.42. The maximum Gasteiger partial charge on any atom is 0.123 e. The zero-order valence-corrected chi connectivity index (χ0v) is 9.84. The second-order valence-electron chi connectivity index (χ2n) is 4.90. The zero-order chi connectivity index (χ0) is 11.7. The Morgan fingerprint density at radius 2 is 1.94 bits per heavy atom. The number of benzene rings is 1. The second-order valence-corrected chi connectivity index (χ2v) is 4.90. The van der Waals surface area contributed by atoms with Crippen molar-refractivity contribution in [2.45, 2.75) is 24.9 Å². The van der Waals surface area contributed by atoms with Crippen LogP contribution < -0.4 is 4.74 Å². The molecule has 17 heavy (non-hydrogen) atoms. The van der Waals surface area contributed by atoms with Crippen LogP contribution in [0.5, 0.6) is 5.75 Å². The summed E-state index contributed by atoms with van der Waals surface area (Å²) in [6.07, 6.45) is 1.61. The average molecular weight is 234 g/mol. The highest BCUT2D eigenvalue weighted by Crippen LogP contribution is 2.39. The third kappa shape index (κ3) is 2.05. The molecule has 0 spiro atoms. The number of hydrogen-bond donors (Lipinski definition) is 1. The van der Waals surface area contributed by atoms with Gasteiger partial charge in [-0.15, -0.1) is 0 Å². The van der Waals surface area contributed by atoms with Crippen LogP contribution in [-0.4, -0.2) is 31.0 Å². The lowest BCUT2D eigenvalue weighted by Crippen LogP contribution is -2.32. The summed E-state index contributed by atoms with van der Waals surface area (Å²) in [5.41, 5.74) is 1.16. The topological polar surface area (TPSA) is 38.7 Å². The van der Waals surface area contributed by atoms with E-state index >= 15 is 0 Å². The van der Waals surface area contributed by atoms with Gasteiger partial charge in [0.15, 0.2) is 0 Å². The molecule has 0 amide bonds. The van der Waals surface area contributed by atoms with E-state index in [1.807, 2.05) is 18.2 Å². The molecule has 3 rings (SSSR count). The van der Waals surface area contributed by atoms with Crippen molar-refractivity contribution in [1.82, 2.24) is 0 Å². The van der Waals surface area contributed by atoms with Gasteiger partial charge >= 0.3 is 0 Å². The predicted molar refractivity (Wildman–Crippen MR) is 64.2 cm³/mol. The van der Waals surface area contributed by atoms with Crippen molar-refractivity contribution in [2.24, 2.45) is 5.92 Å². The summed E-state index contributed by atoms with van der Waals surface area (Å²) in [6, 6.07) is 8.03. The van der Waals surface area contributed by atoms with Gasteiger partial charge in [-0.05, 0) is 24.8 Å². The maximum absolute atomic E-state index is 10.5. The van der Waals surface area contributed by atoms with Crippen LogP contribution in [0.4, 0.5) is 0 Å². The fourth-order valence-electron chi connectivity index (χ4n) is 2.86. The van der Waals surface area contributed by atoms with Crippen molar-refractivity contribution in [3.05, 3.63) is 29.8 Å². The van der Waals surface area contributed by atoms with Gasteiger partial charge in [0.25, 0.3) is 0 Å². The first-order chi connectivity index (χ1) is 8.36. The molecule has 2 unspecified atom stereocenters.